The number of likely N-dealkylation sites (N-methyl/N-ethyl adjacent to an activating group) is 2. The molecule has 0 heterocycles. The molecule has 1 amide bonds. The standard InChI is InChI=1S/C12H17Cl2N3O3S/c1-4-17(7-11(18)16(2)3)21(19,20)12-9(13)5-8(15)6-10(12)14/h5-6H,4,7,15H2,1-3H3. The van der Waals surface area contributed by atoms with Crippen LogP contribution >= 0.6 is 23.2 Å². The van der Waals surface area contributed by atoms with Gasteiger partial charge in [-0.1, -0.05) is 30.1 Å². The van der Waals surface area contributed by atoms with Crippen molar-refractivity contribution in [1.82, 2.24) is 9.21 Å². The lowest BCUT2D eigenvalue weighted by Crippen LogP contribution is -2.40. The van der Waals surface area contributed by atoms with Gasteiger partial charge in [0.15, 0.2) is 0 Å². The second-order valence-electron chi connectivity index (χ2n) is 4.53. The summed E-state index contributed by atoms with van der Waals surface area (Å²) in [6.45, 7) is 1.45. The van der Waals surface area contributed by atoms with Gasteiger partial charge in [-0.25, -0.2) is 8.42 Å². The van der Waals surface area contributed by atoms with Crippen LogP contribution in [0.4, 0.5) is 5.69 Å². The molecular weight excluding hydrogens is 337 g/mol. The van der Waals surface area contributed by atoms with E-state index >= 15 is 0 Å². The van der Waals surface area contributed by atoms with E-state index in [1.807, 2.05) is 0 Å². The van der Waals surface area contributed by atoms with Crippen LogP contribution in [0.25, 0.3) is 0 Å². The number of amides is 1. The molecule has 0 aliphatic carbocycles. The first-order chi connectivity index (χ1) is 9.61. The van der Waals surface area contributed by atoms with E-state index in [-0.39, 0.29) is 39.6 Å². The maximum Gasteiger partial charge on any atom is 0.246 e. The highest BCUT2D eigenvalue weighted by Crippen LogP contribution is 2.33. The van der Waals surface area contributed by atoms with Crippen LogP contribution in [0, 0.1) is 0 Å². The van der Waals surface area contributed by atoms with Gasteiger partial charge >= 0.3 is 0 Å². The second-order valence-corrected chi connectivity index (χ2v) is 7.22. The van der Waals surface area contributed by atoms with Crippen molar-refractivity contribution >= 4 is 44.8 Å². The van der Waals surface area contributed by atoms with Crippen molar-refractivity contribution in [3.05, 3.63) is 22.2 Å². The number of rotatable bonds is 5. The van der Waals surface area contributed by atoms with Gasteiger partial charge in [-0.15, -0.1) is 0 Å². The third-order valence-electron chi connectivity index (χ3n) is 2.78. The maximum atomic E-state index is 12.6. The van der Waals surface area contributed by atoms with Crippen molar-refractivity contribution in [2.45, 2.75) is 11.8 Å². The summed E-state index contributed by atoms with van der Waals surface area (Å²) < 4.78 is 26.3. The average Bonchev–Trinajstić information content (AvgIpc) is 2.33. The van der Waals surface area contributed by atoms with Gasteiger partial charge in [0.2, 0.25) is 15.9 Å². The first-order valence-electron chi connectivity index (χ1n) is 6.06. The molecule has 9 heteroatoms. The number of hydrogen-bond donors (Lipinski definition) is 1. The van der Waals surface area contributed by atoms with Crippen molar-refractivity contribution in [2.75, 3.05) is 32.9 Å². The number of nitrogen functional groups attached to an aromatic ring is 1. The summed E-state index contributed by atoms with van der Waals surface area (Å²) in [5.41, 5.74) is 5.82. The number of carbonyl (C=O) groups excluding carboxylic acids is 1. The Morgan fingerprint density at radius 3 is 2.10 bits per heavy atom. The fraction of sp³-hybridized carbons (Fsp3) is 0.417. The minimum atomic E-state index is -3.99. The highest BCUT2D eigenvalue weighted by atomic mass is 35.5. The number of halogens is 2. The Labute approximate surface area is 134 Å². The molecule has 0 radical (unpaired) electrons. The van der Waals surface area contributed by atoms with Crippen LogP contribution in [-0.4, -0.2) is 50.7 Å². The van der Waals surface area contributed by atoms with Crippen molar-refractivity contribution in [1.29, 1.82) is 0 Å². The van der Waals surface area contributed by atoms with Crippen molar-refractivity contribution < 1.29 is 13.2 Å². The van der Waals surface area contributed by atoms with Crippen LogP contribution in [0.2, 0.25) is 10.0 Å². The zero-order chi connectivity index (χ0) is 16.4. The summed E-state index contributed by atoms with van der Waals surface area (Å²) in [7, 11) is -0.896. The molecular formula is C12H17Cl2N3O3S. The summed E-state index contributed by atoms with van der Waals surface area (Å²) in [5.74, 6) is -0.344. The van der Waals surface area contributed by atoms with Gasteiger partial charge < -0.3 is 10.6 Å². The fourth-order valence-corrected chi connectivity index (χ4v) is 4.19. The fourth-order valence-electron chi connectivity index (χ4n) is 1.61. The van der Waals surface area contributed by atoms with Crippen LogP contribution < -0.4 is 5.73 Å². The van der Waals surface area contributed by atoms with E-state index in [9.17, 15) is 13.2 Å². The van der Waals surface area contributed by atoms with Gasteiger partial charge in [-0.2, -0.15) is 4.31 Å². The van der Waals surface area contributed by atoms with Crippen LogP contribution in [-0.2, 0) is 14.8 Å². The smallest absolute Gasteiger partial charge is 0.246 e. The van der Waals surface area contributed by atoms with E-state index in [0.29, 0.717) is 0 Å². The predicted molar refractivity (Wildman–Crippen MR) is 84.0 cm³/mol. The lowest BCUT2D eigenvalue weighted by atomic mass is 10.3. The molecule has 118 valence electrons. The molecule has 0 saturated heterocycles. The molecule has 0 atom stereocenters. The number of anilines is 1. The number of nitrogens with two attached hydrogens (primary N) is 1. The Morgan fingerprint density at radius 1 is 1.24 bits per heavy atom. The molecule has 0 bridgehead atoms. The average molecular weight is 354 g/mol. The quantitative estimate of drug-likeness (QED) is 0.816. The first-order valence-corrected chi connectivity index (χ1v) is 8.25. The maximum absolute atomic E-state index is 12.6. The SMILES string of the molecule is CCN(CC(=O)N(C)C)S(=O)(=O)c1c(Cl)cc(N)cc1Cl. The molecule has 21 heavy (non-hydrogen) atoms. The summed E-state index contributed by atoms with van der Waals surface area (Å²) in [6, 6.07) is 2.61. The molecule has 0 unspecified atom stereocenters. The Balaban J connectivity index is 3.29. The summed E-state index contributed by atoms with van der Waals surface area (Å²) >= 11 is 11.9. The molecule has 1 rings (SSSR count). The van der Waals surface area contributed by atoms with Crippen molar-refractivity contribution in [2.24, 2.45) is 0 Å². The third kappa shape index (κ3) is 4.00. The van der Waals surface area contributed by atoms with E-state index < -0.39 is 10.0 Å². The normalized spacial score (nSPS) is 11.7. The van der Waals surface area contributed by atoms with Gasteiger partial charge in [0.05, 0.1) is 16.6 Å². The van der Waals surface area contributed by atoms with Gasteiger partial charge in [0, 0.05) is 26.3 Å². The van der Waals surface area contributed by atoms with E-state index in [1.165, 1.54) is 17.0 Å². The Bertz CT molecular complexity index is 624. The molecule has 0 saturated carbocycles. The van der Waals surface area contributed by atoms with Crippen molar-refractivity contribution in [3.63, 3.8) is 0 Å². The second kappa shape index (κ2) is 6.83. The van der Waals surface area contributed by atoms with Crippen LogP contribution in [0.3, 0.4) is 0 Å². The number of hydrogen-bond acceptors (Lipinski definition) is 4. The van der Waals surface area contributed by atoms with E-state index in [2.05, 4.69) is 0 Å². The molecule has 1 aromatic rings. The highest BCUT2D eigenvalue weighted by molar-refractivity contribution is 7.89. The summed E-state index contributed by atoms with van der Waals surface area (Å²) in [6.07, 6.45) is 0. The van der Waals surface area contributed by atoms with Gasteiger partial charge in [0.1, 0.15) is 4.90 Å². The van der Waals surface area contributed by atoms with E-state index in [0.717, 1.165) is 4.31 Å². The van der Waals surface area contributed by atoms with E-state index in [4.69, 9.17) is 28.9 Å². The Morgan fingerprint density at radius 2 is 1.71 bits per heavy atom. The number of carbonyl (C=O) groups is 1. The predicted octanol–water partition coefficient (Wildman–Crippen LogP) is 1.67. The molecule has 0 fully saturated rings. The molecule has 1 aromatic carbocycles. The number of benzene rings is 1. The minimum Gasteiger partial charge on any atom is -0.399 e. The van der Waals surface area contributed by atoms with Crippen LogP contribution in [0.5, 0.6) is 0 Å². The van der Waals surface area contributed by atoms with Gasteiger partial charge in [-0.05, 0) is 12.1 Å². The topological polar surface area (TPSA) is 83.7 Å². The highest BCUT2D eigenvalue weighted by Gasteiger charge is 2.30. The van der Waals surface area contributed by atoms with Crippen LogP contribution in [0.1, 0.15) is 6.92 Å². The monoisotopic (exact) mass is 353 g/mol. The largest absolute Gasteiger partial charge is 0.399 e. The zero-order valence-electron chi connectivity index (χ0n) is 11.9. The molecule has 6 nitrogen and oxygen atoms in total. The zero-order valence-corrected chi connectivity index (χ0v) is 14.3. The number of nitrogens with zero attached hydrogens (tertiary/aromatic N) is 2. The molecule has 0 aliphatic heterocycles. The number of sulfonamides is 1. The first kappa shape index (κ1) is 18.0. The summed E-state index contributed by atoms with van der Waals surface area (Å²) in [4.78, 5) is 12.8. The van der Waals surface area contributed by atoms with Crippen LogP contribution in [0.15, 0.2) is 17.0 Å². The Hall–Kier alpha value is -1.02. The minimum absolute atomic E-state index is 0.0734. The molecule has 0 aliphatic rings. The molecule has 0 spiro atoms. The van der Waals surface area contributed by atoms with Gasteiger partial charge in [0.25, 0.3) is 0 Å². The van der Waals surface area contributed by atoms with E-state index in [1.54, 1.807) is 21.0 Å². The Kier molecular flexibility index (Phi) is 5.86. The summed E-state index contributed by atoms with van der Waals surface area (Å²) in [5, 5.41) is -0.147. The molecule has 2 N–H and O–H groups in total. The third-order valence-corrected chi connectivity index (χ3v) is 5.62. The lowest BCUT2D eigenvalue weighted by molar-refractivity contribution is -0.128. The lowest BCUT2D eigenvalue weighted by Gasteiger charge is -2.23. The van der Waals surface area contributed by atoms with Crippen molar-refractivity contribution in [3.8, 4) is 0 Å². The van der Waals surface area contributed by atoms with Gasteiger partial charge in [-0.3, -0.25) is 4.79 Å². The molecule has 0 aromatic heterocycles.